The zero-order valence-electron chi connectivity index (χ0n) is 13.4. The summed E-state index contributed by atoms with van der Waals surface area (Å²) in [5.74, 6) is 1.01. The molecule has 0 aliphatic rings. The molecule has 4 nitrogen and oxygen atoms in total. The van der Waals surface area contributed by atoms with E-state index in [-0.39, 0.29) is 11.8 Å². The standard InChI is InChI=1S/C18H20ClNO3/c1-12(13-7-5-4-6-8-13)9-18(21)20-15-11-16(22-2)14(19)10-17(15)23-3/h4-8,10-12H,9H2,1-3H3,(H,20,21)/t12-/m0/s1. The number of carbonyl (C=O) groups is 1. The molecule has 5 heteroatoms. The highest BCUT2D eigenvalue weighted by Crippen LogP contribution is 2.36. The van der Waals surface area contributed by atoms with E-state index in [1.807, 2.05) is 37.3 Å². The molecule has 0 radical (unpaired) electrons. The van der Waals surface area contributed by atoms with E-state index in [2.05, 4.69) is 5.32 Å². The van der Waals surface area contributed by atoms with E-state index in [9.17, 15) is 4.79 Å². The van der Waals surface area contributed by atoms with Gasteiger partial charge in [-0.2, -0.15) is 0 Å². The molecule has 0 saturated carbocycles. The highest BCUT2D eigenvalue weighted by molar-refractivity contribution is 6.32. The molecule has 0 aromatic heterocycles. The molecular formula is C18H20ClNO3. The third-order valence-corrected chi connectivity index (χ3v) is 3.90. The van der Waals surface area contributed by atoms with Gasteiger partial charge in [0.25, 0.3) is 0 Å². The monoisotopic (exact) mass is 333 g/mol. The van der Waals surface area contributed by atoms with Crippen molar-refractivity contribution in [2.75, 3.05) is 19.5 Å². The number of hydrogen-bond acceptors (Lipinski definition) is 3. The van der Waals surface area contributed by atoms with Crippen molar-refractivity contribution >= 4 is 23.2 Å². The van der Waals surface area contributed by atoms with E-state index in [0.717, 1.165) is 5.56 Å². The first-order chi connectivity index (χ1) is 11.0. The number of amides is 1. The largest absolute Gasteiger partial charge is 0.495 e. The normalized spacial score (nSPS) is 11.7. The van der Waals surface area contributed by atoms with Crippen molar-refractivity contribution in [1.29, 1.82) is 0 Å². The number of nitrogens with one attached hydrogen (secondary N) is 1. The van der Waals surface area contributed by atoms with Gasteiger partial charge in [-0.1, -0.05) is 48.9 Å². The predicted molar refractivity (Wildman–Crippen MR) is 92.7 cm³/mol. The van der Waals surface area contributed by atoms with Gasteiger partial charge in [-0.25, -0.2) is 0 Å². The van der Waals surface area contributed by atoms with Crippen molar-refractivity contribution in [3.05, 3.63) is 53.1 Å². The summed E-state index contributed by atoms with van der Waals surface area (Å²) in [7, 11) is 3.05. The highest BCUT2D eigenvalue weighted by atomic mass is 35.5. The third-order valence-electron chi connectivity index (χ3n) is 3.61. The van der Waals surface area contributed by atoms with Crippen molar-refractivity contribution in [2.24, 2.45) is 0 Å². The van der Waals surface area contributed by atoms with Gasteiger partial charge in [-0.15, -0.1) is 0 Å². The summed E-state index contributed by atoms with van der Waals surface area (Å²) < 4.78 is 10.4. The molecule has 23 heavy (non-hydrogen) atoms. The predicted octanol–water partition coefficient (Wildman–Crippen LogP) is 4.49. The van der Waals surface area contributed by atoms with Crippen LogP contribution in [0.2, 0.25) is 5.02 Å². The van der Waals surface area contributed by atoms with E-state index < -0.39 is 0 Å². The number of carbonyl (C=O) groups excluding carboxylic acids is 1. The van der Waals surface area contributed by atoms with Gasteiger partial charge in [0.05, 0.1) is 24.9 Å². The highest BCUT2D eigenvalue weighted by Gasteiger charge is 2.15. The van der Waals surface area contributed by atoms with Gasteiger partial charge in [0.2, 0.25) is 5.91 Å². The van der Waals surface area contributed by atoms with E-state index >= 15 is 0 Å². The Labute approximate surface area is 141 Å². The Morgan fingerprint density at radius 3 is 2.39 bits per heavy atom. The van der Waals surface area contributed by atoms with Crippen LogP contribution >= 0.6 is 11.6 Å². The fourth-order valence-electron chi connectivity index (χ4n) is 2.34. The number of benzene rings is 2. The fourth-order valence-corrected chi connectivity index (χ4v) is 2.57. The fraction of sp³-hybridized carbons (Fsp3) is 0.278. The first kappa shape index (κ1) is 17.2. The number of rotatable bonds is 6. The molecule has 0 spiro atoms. The Morgan fingerprint density at radius 1 is 1.13 bits per heavy atom. The van der Waals surface area contributed by atoms with Gasteiger partial charge in [-0.05, 0) is 11.5 Å². The molecule has 0 aliphatic carbocycles. The number of methoxy groups -OCH3 is 2. The molecule has 122 valence electrons. The molecule has 2 aromatic carbocycles. The molecule has 1 amide bonds. The molecule has 2 rings (SSSR count). The Balaban J connectivity index is 2.11. The molecule has 0 fully saturated rings. The van der Waals surface area contributed by atoms with Gasteiger partial charge in [0.1, 0.15) is 11.5 Å². The summed E-state index contributed by atoms with van der Waals surface area (Å²) in [5.41, 5.74) is 1.67. The molecule has 0 aliphatic heterocycles. The lowest BCUT2D eigenvalue weighted by Crippen LogP contribution is -2.15. The van der Waals surface area contributed by atoms with Crippen LogP contribution in [0.1, 0.15) is 24.8 Å². The second-order valence-corrected chi connectivity index (χ2v) is 5.66. The topological polar surface area (TPSA) is 47.6 Å². The molecule has 2 aromatic rings. The SMILES string of the molecule is COc1cc(NC(=O)C[C@H](C)c2ccccc2)c(OC)cc1Cl. The Hall–Kier alpha value is -2.20. The minimum atomic E-state index is -0.0935. The number of ether oxygens (including phenoxy) is 2. The number of halogens is 1. The average molecular weight is 334 g/mol. The Morgan fingerprint density at radius 2 is 1.78 bits per heavy atom. The van der Waals surface area contributed by atoms with E-state index in [1.165, 1.54) is 14.2 Å². The van der Waals surface area contributed by atoms with Gasteiger partial charge in [0, 0.05) is 18.6 Å². The lowest BCUT2D eigenvalue weighted by molar-refractivity contribution is -0.116. The van der Waals surface area contributed by atoms with E-state index in [4.69, 9.17) is 21.1 Å². The first-order valence-electron chi connectivity index (χ1n) is 7.31. The first-order valence-corrected chi connectivity index (χ1v) is 7.69. The van der Waals surface area contributed by atoms with Crippen LogP contribution in [-0.4, -0.2) is 20.1 Å². The Bertz CT molecular complexity index is 673. The van der Waals surface area contributed by atoms with Gasteiger partial charge in [-0.3, -0.25) is 4.79 Å². The van der Waals surface area contributed by atoms with Crippen molar-refractivity contribution in [2.45, 2.75) is 19.3 Å². The molecule has 1 atom stereocenters. The van der Waals surface area contributed by atoms with Crippen LogP contribution in [-0.2, 0) is 4.79 Å². The van der Waals surface area contributed by atoms with Gasteiger partial charge < -0.3 is 14.8 Å². The lowest BCUT2D eigenvalue weighted by atomic mass is 9.97. The van der Waals surface area contributed by atoms with Crippen LogP contribution < -0.4 is 14.8 Å². The summed E-state index contributed by atoms with van der Waals surface area (Å²) in [6.45, 7) is 2.02. The maximum Gasteiger partial charge on any atom is 0.225 e. The van der Waals surface area contributed by atoms with E-state index in [1.54, 1.807) is 12.1 Å². The Kier molecular flexibility index (Phi) is 5.88. The minimum absolute atomic E-state index is 0.0935. The summed E-state index contributed by atoms with van der Waals surface area (Å²) in [6, 6.07) is 13.2. The van der Waals surface area contributed by atoms with E-state index in [0.29, 0.717) is 28.6 Å². The molecule has 0 unspecified atom stereocenters. The minimum Gasteiger partial charge on any atom is -0.495 e. The lowest BCUT2D eigenvalue weighted by Gasteiger charge is -2.15. The molecule has 0 saturated heterocycles. The van der Waals surface area contributed by atoms with Crippen molar-refractivity contribution in [3.63, 3.8) is 0 Å². The summed E-state index contributed by atoms with van der Waals surface area (Å²) in [5, 5.41) is 3.29. The van der Waals surface area contributed by atoms with Crippen LogP contribution in [0, 0.1) is 0 Å². The summed E-state index contributed by atoms with van der Waals surface area (Å²) in [4.78, 5) is 12.3. The summed E-state index contributed by atoms with van der Waals surface area (Å²) in [6.07, 6.45) is 0.373. The third kappa shape index (κ3) is 4.39. The quantitative estimate of drug-likeness (QED) is 0.847. The number of hydrogen-bond donors (Lipinski definition) is 1. The second kappa shape index (κ2) is 7.88. The summed E-state index contributed by atoms with van der Waals surface area (Å²) >= 11 is 6.06. The molecule has 0 heterocycles. The maximum absolute atomic E-state index is 12.3. The van der Waals surface area contributed by atoms with Crippen molar-refractivity contribution < 1.29 is 14.3 Å². The molecule has 1 N–H and O–H groups in total. The van der Waals surface area contributed by atoms with Crippen LogP contribution in [0.3, 0.4) is 0 Å². The van der Waals surface area contributed by atoms with Crippen LogP contribution in [0.5, 0.6) is 11.5 Å². The molecule has 0 bridgehead atoms. The average Bonchev–Trinajstić information content (AvgIpc) is 2.56. The van der Waals surface area contributed by atoms with Crippen molar-refractivity contribution in [1.82, 2.24) is 0 Å². The van der Waals surface area contributed by atoms with Crippen LogP contribution in [0.15, 0.2) is 42.5 Å². The van der Waals surface area contributed by atoms with Gasteiger partial charge in [0.15, 0.2) is 0 Å². The van der Waals surface area contributed by atoms with Crippen LogP contribution in [0.4, 0.5) is 5.69 Å². The maximum atomic E-state index is 12.3. The van der Waals surface area contributed by atoms with Gasteiger partial charge >= 0.3 is 0 Å². The number of anilines is 1. The smallest absolute Gasteiger partial charge is 0.225 e. The zero-order chi connectivity index (χ0) is 16.8. The van der Waals surface area contributed by atoms with Crippen LogP contribution in [0.25, 0.3) is 0 Å². The second-order valence-electron chi connectivity index (χ2n) is 5.25. The van der Waals surface area contributed by atoms with Crippen molar-refractivity contribution in [3.8, 4) is 11.5 Å². The zero-order valence-corrected chi connectivity index (χ0v) is 14.2. The molecular weight excluding hydrogens is 314 g/mol.